The summed E-state index contributed by atoms with van der Waals surface area (Å²) in [4.78, 5) is 12.1. The number of carbonyl (C=O) groups is 1. The van der Waals surface area contributed by atoms with Crippen molar-refractivity contribution >= 4 is 5.97 Å². The maximum Gasteiger partial charge on any atom is 0.334 e. The molecule has 0 atom stereocenters. The maximum absolute atomic E-state index is 12.1. The summed E-state index contributed by atoms with van der Waals surface area (Å²) < 4.78 is 17.3. The molecule has 0 radical (unpaired) electrons. The van der Waals surface area contributed by atoms with Gasteiger partial charge in [-0.05, 0) is 24.7 Å². The largest absolute Gasteiger partial charge is 0.464 e. The van der Waals surface area contributed by atoms with Gasteiger partial charge < -0.3 is 14.2 Å². The summed E-state index contributed by atoms with van der Waals surface area (Å²) in [5, 5.41) is 0. The Kier molecular flexibility index (Phi) is 5.31. The van der Waals surface area contributed by atoms with E-state index in [1.54, 1.807) is 0 Å². The van der Waals surface area contributed by atoms with Crippen LogP contribution in [0.15, 0.2) is 11.8 Å². The number of carbonyl (C=O) groups excluding carboxylic acids is 1. The van der Waals surface area contributed by atoms with Crippen LogP contribution in [0.4, 0.5) is 0 Å². The van der Waals surface area contributed by atoms with E-state index >= 15 is 0 Å². The SMILES string of the molecule is CC(C)C(OC(=O)/C=C1/COC2(CCCCC2)O1)C(C)C. The molecule has 0 aromatic carbocycles. The van der Waals surface area contributed by atoms with Crippen LogP contribution in [0.2, 0.25) is 0 Å². The predicted octanol–water partition coefficient (Wildman–Crippen LogP) is 3.80. The fourth-order valence-corrected chi connectivity index (χ4v) is 3.25. The van der Waals surface area contributed by atoms with E-state index in [1.165, 1.54) is 12.5 Å². The van der Waals surface area contributed by atoms with Crippen molar-refractivity contribution in [1.29, 1.82) is 0 Å². The summed E-state index contributed by atoms with van der Waals surface area (Å²) in [5.74, 6) is 0.414. The summed E-state index contributed by atoms with van der Waals surface area (Å²) in [6.45, 7) is 8.65. The number of hydrogen-bond donors (Lipinski definition) is 0. The second kappa shape index (κ2) is 6.82. The molecule has 2 fully saturated rings. The van der Waals surface area contributed by atoms with Crippen LogP contribution in [-0.2, 0) is 19.0 Å². The third kappa shape index (κ3) is 4.22. The molecule has 2 rings (SSSR count). The molecule has 4 heteroatoms. The van der Waals surface area contributed by atoms with Crippen molar-refractivity contribution in [3.8, 4) is 0 Å². The van der Waals surface area contributed by atoms with Gasteiger partial charge in [-0.3, -0.25) is 0 Å². The van der Waals surface area contributed by atoms with Gasteiger partial charge in [0.25, 0.3) is 0 Å². The molecule has 1 aliphatic heterocycles. The van der Waals surface area contributed by atoms with Gasteiger partial charge in [-0.1, -0.05) is 34.1 Å². The normalized spacial score (nSPS) is 23.3. The van der Waals surface area contributed by atoms with Crippen molar-refractivity contribution in [3.05, 3.63) is 11.8 Å². The Morgan fingerprint density at radius 2 is 1.76 bits per heavy atom. The first kappa shape index (κ1) is 16.3. The molecule has 21 heavy (non-hydrogen) atoms. The van der Waals surface area contributed by atoms with Crippen molar-refractivity contribution in [2.24, 2.45) is 11.8 Å². The third-order valence-corrected chi connectivity index (χ3v) is 4.26. The zero-order valence-electron chi connectivity index (χ0n) is 13.7. The summed E-state index contributed by atoms with van der Waals surface area (Å²) in [5.41, 5.74) is 0. The first-order valence-electron chi connectivity index (χ1n) is 8.16. The van der Waals surface area contributed by atoms with Gasteiger partial charge in [0.05, 0.1) is 6.08 Å². The molecule has 1 saturated heterocycles. The van der Waals surface area contributed by atoms with E-state index < -0.39 is 5.79 Å². The van der Waals surface area contributed by atoms with Gasteiger partial charge in [-0.15, -0.1) is 0 Å². The van der Waals surface area contributed by atoms with E-state index in [4.69, 9.17) is 14.2 Å². The Labute approximate surface area is 127 Å². The van der Waals surface area contributed by atoms with Gasteiger partial charge in [-0.2, -0.15) is 0 Å². The smallest absolute Gasteiger partial charge is 0.334 e. The van der Waals surface area contributed by atoms with Crippen LogP contribution in [-0.4, -0.2) is 24.5 Å². The van der Waals surface area contributed by atoms with Gasteiger partial charge >= 0.3 is 5.97 Å². The lowest BCUT2D eigenvalue weighted by molar-refractivity contribution is -0.169. The van der Waals surface area contributed by atoms with Crippen molar-refractivity contribution < 1.29 is 19.0 Å². The molecule has 1 saturated carbocycles. The summed E-state index contributed by atoms with van der Waals surface area (Å²) in [7, 11) is 0. The molecule has 1 spiro atoms. The third-order valence-electron chi connectivity index (χ3n) is 4.26. The van der Waals surface area contributed by atoms with Gasteiger partial charge in [0.2, 0.25) is 5.79 Å². The average Bonchev–Trinajstić information content (AvgIpc) is 2.78. The minimum absolute atomic E-state index is 0.0692. The van der Waals surface area contributed by atoms with E-state index in [0.29, 0.717) is 24.2 Å². The van der Waals surface area contributed by atoms with Crippen LogP contribution >= 0.6 is 0 Å². The van der Waals surface area contributed by atoms with Crippen LogP contribution in [0.1, 0.15) is 59.8 Å². The molecule has 0 unspecified atom stereocenters. The highest BCUT2D eigenvalue weighted by atomic mass is 16.7. The summed E-state index contributed by atoms with van der Waals surface area (Å²) in [6, 6.07) is 0. The Morgan fingerprint density at radius 3 is 2.33 bits per heavy atom. The van der Waals surface area contributed by atoms with Crippen molar-refractivity contribution in [1.82, 2.24) is 0 Å². The lowest BCUT2D eigenvalue weighted by Gasteiger charge is -2.30. The monoisotopic (exact) mass is 296 g/mol. The predicted molar refractivity (Wildman–Crippen MR) is 80.5 cm³/mol. The Morgan fingerprint density at radius 1 is 1.14 bits per heavy atom. The van der Waals surface area contributed by atoms with E-state index in [-0.39, 0.29) is 12.1 Å². The quantitative estimate of drug-likeness (QED) is 0.584. The van der Waals surface area contributed by atoms with Crippen LogP contribution in [0.3, 0.4) is 0 Å². The molecule has 0 bridgehead atoms. The maximum atomic E-state index is 12.1. The fraction of sp³-hybridized carbons (Fsp3) is 0.824. The first-order chi connectivity index (χ1) is 9.92. The molecular formula is C17H28O4. The van der Waals surface area contributed by atoms with Crippen LogP contribution in [0, 0.1) is 11.8 Å². The Bertz CT molecular complexity index is 384. The number of hydrogen-bond acceptors (Lipinski definition) is 4. The highest BCUT2D eigenvalue weighted by Gasteiger charge is 2.41. The molecule has 120 valence electrons. The van der Waals surface area contributed by atoms with E-state index in [1.807, 2.05) is 0 Å². The minimum Gasteiger partial charge on any atom is -0.464 e. The topological polar surface area (TPSA) is 44.8 Å². The van der Waals surface area contributed by atoms with Crippen LogP contribution in [0.5, 0.6) is 0 Å². The Balaban J connectivity index is 1.92. The molecule has 2 aliphatic rings. The molecule has 0 aromatic rings. The summed E-state index contributed by atoms with van der Waals surface area (Å²) >= 11 is 0. The standard InChI is InChI=1S/C17H28O4/c1-12(2)16(13(3)4)20-15(18)10-14-11-19-17(21-14)8-6-5-7-9-17/h10,12-13,16H,5-9,11H2,1-4H3/b14-10-. The zero-order chi connectivity index (χ0) is 15.5. The van der Waals surface area contributed by atoms with E-state index in [2.05, 4.69) is 27.7 Å². The number of rotatable bonds is 4. The van der Waals surface area contributed by atoms with Crippen LogP contribution < -0.4 is 0 Å². The van der Waals surface area contributed by atoms with Crippen molar-refractivity contribution in [2.45, 2.75) is 71.7 Å². The number of esters is 1. The minimum atomic E-state index is -0.472. The van der Waals surface area contributed by atoms with Crippen molar-refractivity contribution in [2.75, 3.05) is 6.61 Å². The molecule has 1 aliphatic carbocycles. The molecule has 1 heterocycles. The zero-order valence-corrected chi connectivity index (χ0v) is 13.7. The first-order valence-corrected chi connectivity index (χ1v) is 8.16. The summed E-state index contributed by atoms with van der Waals surface area (Å²) in [6.07, 6.45) is 6.71. The molecule has 4 nitrogen and oxygen atoms in total. The highest BCUT2D eigenvalue weighted by molar-refractivity contribution is 5.82. The van der Waals surface area contributed by atoms with Crippen molar-refractivity contribution in [3.63, 3.8) is 0 Å². The average molecular weight is 296 g/mol. The molecular weight excluding hydrogens is 268 g/mol. The van der Waals surface area contributed by atoms with Gasteiger partial charge in [-0.25, -0.2) is 4.79 Å². The lowest BCUT2D eigenvalue weighted by atomic mass is 9.94. The molecule has 0 N–H and O–H groups in total. The fourth-order valence-electron chi connectivity index (χ4n) is 3.25. The van der Waals surface area contributed by atoms with Gasteiger partial charge in [0.15, 0.2) is 0 Å². The van der Waals surface area contributed by atoms with E-state index in [9.17, 15) is 4.79 Å². The Hall–Kier alpha value is -1.03. The molecule has 0 amide bonds. The van der Waals surface area contributed by atoms with Crippen LogP contribution in [0.25, 0.3) is 0 Å². The second-order valence-corrected chi connectivity index (χ2v) is 6.86. The van der Waals surface area contributed by atoms with Gasteiger partial charge in [0, 0.05) is 12.8 Å². The van der Waals surface area contributed by atoms with E-state index in [0.717, 1.165) is 25.7 Å². The van der Waals surface area contributed by atoms with Gasteiger partial charge in [0.1, 0.15) is 18.5 Å². The molecule has 0 aromatic heterocycles. The second-order valence-electron chi connectivity index (χ2n) is 6.86. The lowest BCUT2D eigenvalue weighted by Crippen LogP contribution is -2.32. The number of ether oxygens (including phenoxy) is 3. The highest BCUT2D eigenvalue weighted by Crippen LogP contribution is 2.38.